The molecule has 0 saturated carbocycles. The lowest BCUT2D eigenvalue weighted by molar-refractivity contribution is 0.667. The molecule has 0 unspecified atom stereocenters. The van der Waals surface area contributed by atoms with Crippen molar-refractivity contribution in [3.63, 3.8) is 0 Å². The third-order valence-corrected chi connectivity index (χ3v) is 5.85. The van der Waals surface area contributed by atoms with Crippen LogP contribution in [-0.2, 0) is 6.42 Å². The maximum atomic E-state index is 2.37. The van der Waals surface area contributed by atoms with Crippen LogP contribution in [0.15, 0.2) is 84.9 Å². The normalized spacial score (nSPS) is 11.1. The minimum atomic E-state index is 1.19. The summed E-state index contributed by atoms with van der Waals surface area (Å²) in [7, 11) is 0. The summed E-state index contributed by atoms with van der Waals surface area (Å²) in [6, 6.07) is 31.4. The lowest BCUT2D eigenvalue weighted by Crippen LogP contribution is -1.86. The fourth-order valence-corrected chi connectivity index (χ4v) is 4.13. The molecule has 0 bridgehead atoms. The van der Waals surface area contributed by atoms with Crippen molar-refractivity contribution in [2.45, 2.75) is 46.0 Å². The molecule has 2 aliphatic rings. The molecule has 0 nitrogen and oxygen atoms in total. The van der Waals surface area contributed by atoms with Crippen LogP contribution in [0.5, 0.6) is 0 Å². The smallest absolute Gasteiger partial charge is 0.00988 e. The molecule has 2 aromatic rings. The number of aryl methyl sites for hydroxylation is 2. The first-order valence-electron chi connectivity index (χ1n) is 10.9. The van der Waals surface area contributed by atoms with E-state index in [1.54, 1.807) is 0 Å². The molecule has 146 valence electrons. The first kappa shape index (κ1) is 19.5. The van der Waals surface area contributed by atoms with E-state index in [2.05, 4.69) is 98.8 Å². The van der Waals surface area contributed by atoms with E-state index in [1.807, 2.05) is 0 Å². The van der Waals surface area contributed by atoms with Crippen LogP contribution in [0, 0.1) is 6.92 Å². The summed E-state index contributed by atoms with van der Waals surface area (Å²) < 4.78 is 0. The molecule has 0 aromatic heterocycles. The zero-order valence-corrected chi connectivity index (χ0v) is 17.6. The predicted molar refractivity (Wildman–Crippen MR) is 127 cm³/mol. The van der Waals surface area contributed by atoms with Gasteiger partial charge in [-0.25, -0.2) is 0 Å². The van der Waals surface area contributed by atoms with Gasteiger partial charge in [0, 0.05) is 0 Å². The van der Waals surface area contributed by atoms with Crippen molar-refractivity contribution in [2.24, 2.45) is 0 Å². The summed E-state index contributed by atoms with van der Waals surface area (Å²) in [5.41, 5.74) is 10.6. The predicted octanol–water partition coefficient (Wildman–Crippen LogP) is 8.56. The van der Waals surface area contributed by atoms with E-state index in [9.17, 15) is 0 Å². The Balaban J connectivity index is 1.68. The summed E-state index contributed by atoms with van der Waals surface area (Å²) in [5.74, 6) is 0. The number of hydrogen-bond acceptors (Lipinski definition) is 0. The van der Waals surface area contributed by atoms with Crippen LogP contribution in [0.3, 0.4) is 0 Å². The Hall–Kier alpha value is -2.86. The highest BCUT2D eigenvalue weighted by atomic mass is 14.2. The number of rotatable bonds is 7. The fraction of sp³-hybridized carbons (Fsp3) is 0.241. The summed E-state index contributed by atoms with van der Waals surface area (Å²) in [4.78, 5) is 0. The van der Waals surface area contributed by atoms with Gasteiger partial charge in [-0.2, -0.15) is 0 Å². The van der Waals surface area contributed by atoms with E-state index in [0.717, 1.165) is 0 Å². The van der Waals surface area contributed by atoms with Crippen LogP contribution in [-0.4, -0.2) is 0 Å². The average Bonchev–Trinajstić information content (AvgIpc) is 2.93. The van der Waals surface area contributed by atoms with Crippen molar-refractivity contribution in [3.05, 3.63) is 96.1 Å². The van der Waals surface area contributed by atoms with Gasteiger partial charge in [0.1, 0.15) is 0 Å². The van der Waals surface area contributed by atoms with Crippen molar-refractivity contribution in [2.75, 3.05) is 0 Å². The second-order valence-corrected chi connectivity index (χ2v) is 8.08. The molecule has 0 heterocycles. The second kappa shape index (κ2) is 9.09. The molecule has 2 aliphatic carbocycles. The average molecular weight is 379 g/mol. The van der Waals surface area contributed by atoms with Crippen LogP contribution in [0.4, 0.5) is 0 Å². The summed E-state index contributed by atoms with van der Waals surface area (Å²) in [6.45, 7) is 4.41. The first-order chi connectivity index (χ1) is 14.3. The van der Waals surface area contributed by atoms with Crippen molar-refractivity contribution in [1.82, 2.24) is 0 Å². The van der Waals surface area contributed by atoms with Crippen LogP contribution in [0.25, 0.3) is 33.4 Å². The van der Waals surface area contributed by atoms with Gasteiger partial charge in [0.25, 0.3) is 0 Å². The van der Waals surface area contributed by atoms with Crippen LogP contribution in [0.1, 0.15) is 43.7 Å². The molecule has 0 spiro atoms. The summed E-state index contributed by atoms with van der Waals surface area (Å²) in [6.07, 6.45) is 6.45. The van der Waals surface area contributed by atoms with E-state index in [0.29, 0.717) is 0 Å². The number of hydrogen-bond donors (Lipinski definition) is 0. The van der Waals surface area contributed by atoms with Gasteiger partial charge in [0.2, 0.25) is 0 Å². The minimum Gasteiger partial charge on any atom is -0.0654 e. The zero-order valence-electron chi connectivity index (χ0n) is 17.6. The zero-order chi connectivity index (χ0) is 20.1. The van der Waals surface area contributed by atoms with E-state index in [4.69, 9.17) is 0 Å². The Morgan fingerprint density at radius 1 is 0.552 bits per heavy atom. The van der Waals surface area contributed by atoms with Gasteiger partial charge in [-0.1, -0.05) is 111 Å². The van der Waals surface area contributed by atoms with Crippen LogP contribution < -0.4 is 0 Å². The molecule has 2 aromatic carbocycles. The van der Waals surface area contributed by atoms with Gasteiger partial charge in [-0.3, -0.25) is 0 Å². The molecule has 0 N–H and O–H groups in total. The Kier molecular flexibility index (Phi) is 6.10. The van der Waals surface area contributed by atoms with Crippen molar-refractivity contribution >= 4 is 0 Å². The maximum Gasteiger partial charge on any atom is -0.00988 e. The molecular formula is C29H30. The molecule has 0 fully saturated rings. The van der Waals surface area contributed by atoms with Gasteiger partial charge < -0.3 is 0 Å². The van der Waals surface area contributed by atoms with Crippen LogP contribution in [0.2, 0.25) is 0 Å². The SMILES string of the molecule is CCCCCCc1ccc(-c2cc(-c3ccc(C)cc3)c3cccccc2-3)cc1. The third-order valence-electron chi connectivity index (χ3n) is 5.85. The highest BCUT2D eigenvalue weighted by Crippen LogP contribution is 2.43. The molecule has 0 aliphatic heterocycles. The molecule has 0 atom stereocenters. The molecule has 0 saturated heterocycles. The highest BCUT2D eigenvalue weighted by molar-refractivity contribution is 5.97. The Labute approximate surface area is 175 Å². The number of fused-ring (bicyclic) bond motifs is 1. The van der Waals surface area contributed by atoms with Crippen molar-refractivity contribution < 1.29 is 0 Å². The quantitative estimate of drug-likeness (QED) is 0.283. The number of unbranched alkanes of at least 4 members (excludes halogenated alkanes) is 3. The molecule has 29 heavy (non-hydrogen) atoms. The first-order valence-corrected chi connectivity index (χ1v) is 10.9. The van der Waals surface area contributed by atoms with Gasteiger partial charge in [-0.15, -0.1) is 0 Å². The van der Waals surface area contributed by atoms with Crippen molar-refractivity contribution in [1.29, 1.82) is 0 Å². The second-order valence-electron chi connectivity index (χ2n) is 8.08. The minimum absolute atomic E-state index is 1.19. The lowest BCUT2D eigenvalue weighted by Gasteiger charge is -2.05. The Bertz CT molecular complexity index is 1020. The van der Waals surface area contributed by atoms with E-state index < -0.39 is 0 Å². The van der Waals surface area contributed by atoms with Gasteiger partial charge in [0.05, 0.1) is 0 Å². The fourth-order valence-electron chi connectivity index (χ4n) is 4.13. The molecule has 0 heteroatoms. The van der Waals surface area contributed by atoms with Gasteiger partial charge >= 0.3 is 0 Å². The van der Waals surface area contributed by atoms with Crippen LogP contribution >= 0.6 is 0 Å². The monoisotopic (exact) mass is 378 g/mol. The molecule has 4 rings (SSSR count). The van der Waals surface area contributed by atoms with Gasteiger partial charge in [-0.05, 0) is 64.8 Å². The highest BCUT2D eigenvalue weighted by Gasteiger charge is 2.17. The molecule has 0 amide bonds. The largest absolute Gasteiger partial charge is 0.0654 e. The van der Waals surface area contributed by atoms with E-state index >= 15 is 0 Å². The third kappa shape index (κ3) is 4.43. The van der Waals surface area contributed by atoms with E-state index in [1.165, 1.54) is 76.6 Å². The lowest BCUT2D eigenvalue weighted by atomic mass is 9.99. The standard InChI is InChI=1S/C29H30/c1-3-4-5-7-10-23-15-19-25(20-16-23)29-21-28(24-17-13-22(2)14-18-24)26-11-8-6-9-12-27(26)29/h6,8-9,11-21H,3-5,7,10H2,1-2H3. The van der Waals surface area contributed by atoms with E-state index in [-0.39, 0.29) is 0 Å². The topological polar surface area (TPSA) is 0 Å². The Morgan fingerprint density at radius 2 is 1.14 bits per heavy atom. The molecular weight excluding hydrogens is 348 g/mol. The Morgan fingerprint density at radius 3 is 1.72 bits per heavy atom. The van der Waals surface area contributed by atoms with Gasteiger partial charge in [0.15, 0.2) is 0 Å². The van der Waals surface area contributed by atoms with Crippen molar-refractivity contribution in [3.8, 4) is 33.4 Å². The number of benzene rings is 2. The summed E-state index contributed by atoms with van der Waals surface area (Å²) >= 11 is 0. The maximum absolute atomic E-state index is 2.37. The summed E-state index contributed by atoms with van der Waals surface area (Å²) in [5, 5.41) is 0. The molecule has 0 radical (unpaired) electrons.